The van der Waals surface area contributed by atoms with E-state index in [0.717, 1.165) is 9.13 Å². The third-order valence-electron chi connectivity index (χ3n) is 7.94. The van der Waals surface area contributed by atoms with E-state index in [0.29, 0.717) is 73.4 Å². The number of ether oxygens (including phenoxy) is 2. The average Bonchev–Trinajstić information content (AvgIpc) is 3.04. The number of amides is 1. The summed E-state index contributed by atoms with van der Waals surface area (Å²) in [5.74, 6) is -0.662. The number of aromatic nitrogens is 4. The van der Waals surface area contributed by atoms with Crippen molar-refractivity contribution in [2.45, 2.75) is 65.5 Å². The summed E-state index contributed by atoms with van der Waals surface area (Å²) in [7, 11) is 0. The van der Waals surface area contributed by atoms with E-state index in [4.69, 9.17) is 9.47 Å². The van der Waals surface area contributed by atoms with Gasteiger partial charge in [-0.25, -0.2) is 14.4 Å². The smallest absolute Gasteiger partial charge is 0.409 e. The summed E-state index contributed by atoms with van der Waals surface area (Å²) in [6.07, 6.45) is 2.65. The summed E-state index contributed by atoms with van der Waals surface area (Å²) in [5, 5.41) is 0.839. The molecule has 1 atom stereocenters. The van der Waals surface area contributed by atoms with Crippen LogP contribution in [0.4, 0.5) is 4.79 Å². The van der Waals surface area contributed by atoms with E-state index in [9.17, 15) is 28.8 Å². The van der Waals surface area contributed by atoms with Crippen molar-refractivity contribution in [2.24, 2.45) is 5.92 Å². The van der Waals surface area contributed by atoms with Crippen LogP contribution in [0.25, 0.3) is 21.8 Å². The maximum Gasteiger partial charge on any atom is 0.409 e. The van der Waals surface area contributed by atoms with E-state index in [1.165, 1.54) is 0 Å². The number of aromatic amines is 2. The van der Waals surface area contributed by atoms with E-state index in [-0.39, 0.29) is 49.3 Å². The molecule has 0 fully saturated rings. The molecule has 1 amide bonds. The Bertz CT molecular complexity index is 1890. The minimum absolute atomic E-state index is 0.0772. The van der Waals surface area contributed by atoms with E-state index in [1.807, 2.05) is 6.92 Å². The molecule has 0 radical (unpaired) electrons. The van der Waals surface area contributed by atoms with Crippen LogP contribution in [0.5, 0.6) is 0 Å². The summed E-state index contributed by atoms with van der Waals surface area (Å²) in [5.41, 5.74) is -0.813. The summed E-state index contributed by atoms with van der Waals surface area (Å²) >= 11 is 0. The maximum atomic E-state index is 12.8. The molecule has 4 aromatic rings. The second-order valence-electron chi connectivity index (χ2n) is 11.0. The number of H-pyrrole nitrogens is 2. The molecule has 246 valence electrons. The van der Waals surface area contributed by atoms with Gasteiger partial charge in [-0.3, -0.25) is 23.5 Å². The largest absolute Gasteiger partial charge is 0.465 e. The van der Waals surface area contributed by atoms with Crippen LogP contribution in [0.15, 0.2) is 67.7 Å². The number of nitrogens with one attached hydrogen (secondary N) is 2. The molecule has 4 rings (SSSR count). The van der Waals surface area contributed by atoms with Crippen molar-refractivity contribution >= 4 is 33.9 Å². The number of para-hydroxylation sites is 2. The monoisotopic (exact) mass is 635 g/mol. The van der Waals surface area contributed by atoms with Gasteiger partial charge in [-0.2, -0.15) is 0 Å². The van der Waals surface area contributed by atoms with Crippen LogP contribution in [0, 0.1) is 5.92 Å². The van der Waals surface area contributed by atoms with Gasteiger partial charge in [0.1, 0.15) is 0 Å². The van der Waals surface area contributed by atoms with Crippen molar-refractivity contribution < 1.29 is 19.1 Å². The Balaban J connectivity index is 1.23. The van der Waals surface area contributed by atoms with Gasteiger partial charge in [0.2, 0.25) is 0 Å². The first-order valence-corrected chi connectivity index (χ1v) is 15.8. The number of esters is 1. The highest BCUT2D eigenvalue weighted by Gasteiger charge is 2.19. The van der Waals surface area contributed by atoms with Crippen LogP contribution in [0.1, 0.15) is 52.4 Å². The Hall–Kier alpha value is -4.94. The lowest BCUT2D eigenvalue weighted by Crippen LogP contribution is -2.38. The highest BCUT2D eigenvalue weighted by molar-refractivity contribution is 5.77. The fourth-order valence-corrected chi connectivity index (χ4v) is 5.43. The van der Waals surface area contributed by atoms with Crippen molar-refractivity contribution in [3.05, 3.63) is 90.2 Å². The Labute approximate surface area is 264 Å². The Morgan fingerprint density at radius 3 is 1.85 bits per heavy atom. The molecular weight excluding hydrogens is 594 g/mol. The van der Waals surface area contributed by atoms with Crippen LogP contribution >= 0.6 is 0 Å². The van der Waals surface area contributed by atoms with Crippen molar-refractivity contribution in [3.63, 3.8) is 0 Å². The first kappa shape index (κ1) is 33.9. The third-order valence-corrected chi connectivity index (χ3v) is 7.94. The van der Waals surface area contributed by atoms with Gasteiger partial charge >= 0.3 is 23.4 Å². The molecule has 0 aliphatic rings. The number of rotatable bonds is 16. The summed E-state index contributed by atoms with van der Waals surface area (Å²) in [4.78, 5) is 82.6. The molecule has 13 nitrogen and oxygen atoms in total. The molecule has 1 unspecified atom stereocenters. The molecule has 2 aromatic heterocycles. The Morgan fingerprint density at radius 2 is 1.28 bits per heavy atom. The number of hydrogen-bond acceptors (Lipinski definition) is 8. The quantitative estimate of drug-likeness (QED) is 0.140. The molecule has 13 heteroatoms. The Kier molecular flexibility index (Phi) is 12.1. The lowest BCUT2D eigenvalue weighted by atomic mass is 9.99. The second-order valence-corrected chi connectivity index (χ2v) is 11.0. The molecule has 2 heterocycles. The van der Waals surface area contributed by atoms with E-state index < -0.39 is 17.5 Å². The highest BCUT2D eigenvalue weighted by atomic mass is 16.6. The molecule has 0 saturated heterocycles. The predicted octanol–water partition coefficient (Wildman–Crippen LogP) is 3.37. The zero-order valence-electron chi connectivity index (χ0n) is 26.3. The molecule has 2 aromatic carbocycles. The molecule has 2 N–H and O–H groups in total. The SMILES string of the molecule is CCOC(=O)N(CCCCC(CC)C(=O)OCCCn1c(=O)[nH]c2ccccc2c1=O)CCCn1c(=O)[nH]c2ccccc2c1=O. The summed E-state index contributed by atoms with van der Waals surface area (Å²) < 4.78 is 12.9. The first-order chi connectivity index (χ1) is 22.2. The van der Waals surface area contributed by atoms with Gasteiger partial charge in [0, 0.05) is 26.2 Å². The van der Waals surface area contributed by atoms with Gasteiger partial charge in [0.25, 0.3) is 11.1 Å². The van der Waals surface area contributed by atoms with Gasteiger partial charge < -0.3 is 24.3 Å². The van der Waals surface area contributed by atoms with E-state index >= 15 is 0 Å². The van der Waals surface area contributed by atoms with Crippen molar-refractivity contribution in [1.82, 2.24) is 24.0 Å². The van der Waals surface area contributed by atoms with Crippen molar-refractivity contribution in [1.29, 1.82) is 0 Å². The number of hydrogen-bond donors (Lipinski definition) is 2. The van der Waals surface area contributed by atoms with Crippen molar-refractivity contribution in [3.8, 4) is 0 Å². The fraction of sp³-hybridized carbons (Fsp3) is 0.455. The summed E-state index contributed by atoms with van der Waals surface area (Å²) in [6.45, 7) is 4.86. The number of carbonyl (C=O) groups excluding carboxylic acids is 2. The zero-order chi connectivity index (χ0) is 33.1. The van der Waals surface area contributed by atoms with E-state index in [1.54, 1.807) is 60.4 Å². The molecule has 46 heavy (non-hydrogen) atoms. The van der Waals surface area contributed by atoms with E-state index in [2.05, 4.69) is 9.97 Å². The summed E-state index contributed by atoms with van der Waals surface area (Å²) in [6, 6.07) is 13.6. The number of unbranched alkanes of at least 4 members (excludes halogenated alkanes) is 1. The number of benzene rings is 2. The van der Waals surface area contributed by atoms with Crippen molar-refractivity contribution in [2.75, 3.05) is 26.3 Å². The zero-order valence-corrected chi connectivity index (χ0v) is 26.3. The minimum atomic E-state index is -0.505. The van der Waals surface area contributed by atoms with Gasteiger partial charge in [0.15, 0.2) is 0 Å². The maximum absolute atomic E-state index is 12.8. The molecule has 0 bridgehead atoms. The number of fused-ring (bicyclic) bond motifs is 2. The van der Waals surface area contributed by atoms with Gasteiger partial charge in [-0.05, 0) is 63.3 Å². The lowest BCUT2D eigenvalue weighted by Gasteiger charge is -2.22. The first-order valence-electron chi connectivity index (χ1n) is 15.8. The standard InChI is InChI=1S/C33H41N5O8/c1-3-23(30(41)46-22-12-21-38-29(40)25-15-6-8-17-27(25)35-32(38)43)13-9-10-18-36(33(44)45-4-2)19-11-20-37-28(39)24-14-5-7-16-26(24)34-31(37)42/h5-8,14-17,23H,3-4,9-13,18-22H2,1-2H3,(H,34,42)(H,35,43). The number of nitrogens with zero attached hydrogens (tertiary/aromatic N) is 3. The molecular formula is C33H41N5O8. The minimum Gasteiger partial charge on any atom is -0.465 e. The topological polar surface area (TPSA) is 166 Å². The van der Waals surface area contributed by atoms with Crippen LogP contribution in [-0.2, 0) is 27.4 Å². The highest BCUT2D eigenvalue weighted by Crippen LogP contribution is 2.16. The van der Waals surface area contributed by atoms with Crippen LogP contribution < -0.4 is 22.5 Å². The number of carbonyl (C=O) groups is 2. The van der Waals surface area contributed by atoms with Gasteiger partial charge in [-0.15, -0.1) is 0 Å². The third kappa shape index (κ3) is 8.40. The molecule has 0 saturated carbocycles. The average molecular weight is 636 g/mol. The van der Waals surface area contributed by atoms with Crippen LogP contribution in [0.2, 0.25) is 0 Å². The normalized spacial score (nSPS) is 11.9. The predicted molar refractivity (Wildman–Crippen MR) is 174 cm³/mol. The molecule has 0 aliphatic heterocycles. The van der Waals surface area contributed by atoms with Gasteiger partial charge in [-0.1, -0.05) is 37.6 Å². The second kappa shape index (κ2) is 16.4. The van der Waals surface area contributed by atoms with Gasteiger partial charge in [0.05, 0.1) is 40.9 Å². The van der Waals surface area contributed by atoms with Crippen LogP contribution in [0.3, 0.4) is 0 Å². The fourth-order valence-electron chi connectivity index (χ4n) is 5.43. The molecule has 0 aliphatic carbocycles. The lowest BCUT2D eigenvalue weighted by molar-refractivity contribution is -0.149. The van der Waals surface area contributed by atoms with Crippen LogP contribution in [-0.4, -0.2) is 62.4 Å². The molecule has 0 spiro atoms. The Morgan fingerprint density at radius 1 is 0.739 bits per heavy atom.